The van der Waals surface area contributed by atoms with Crippen molar-refractivity contribution >= 4 is 16.8 Å². The van der Waals surface area contributed by atoms with Crippen molar-refractivity contribution in [2.75, 3.05) is 26.2 Å². The van der Waals surface area contributed by atoms with Crippen LogP contribution in [-0.4, -0.2) is 41.6 Å². The monoisotopic (exact) mass is 242 g/mol. The Labute approximate surface area is 106 Å². The lowest BCUT2D eigenvalue weighted by Crippen LogP contribution is -2.47. The summed E-state index contributed by atoms with van der Waals surface area (Å²) in [6.07, 6.45) is 1.87. The predicted molar refractivity (Wildman–Crippen MR) is 70.2 cm³/mol. The first-order valence-electron chi connectivity index (χ1n) is 6.28. The van der Waals surface area contributed by atoms with E-state index in [0.717, 1.165) is 37.1 Å². The lowest BCUT2D eigenvalue weighted by atomic mass is 10.2. The summed E-state index contributed by atoms with van der Waals surface area (Å²) in [5.41, 5.74) is 1.07. The smallest absolute Gasteiger partial charge is 0.242 e. The van der Waals surface area contributed by atoms with E-state index in [1.165, 1.54) is 0 Å². The number of para-hydroxylation sites is 1. The van der Waals surface area contributed by atoms with Gasteiger partial charge in [-0.1, -0.05) is 18.2 Å². The van der Waals surface area contributed by atoms with Gasteiger partial charge in [0.05, 0.1) is 0 Å². The van der Waals surface area contributed by atoms with Gasteiger partial charge in [0.2, 0.25) is 5.91 Å². The average Bonchev–Trinajstić information content (AvgIpc) is 2.83. The molecule has 1 radical (unpaired) electrons. The first-order valence-corrected chi connectivity index (χ1v) is 6.28. The van der Waals surface area contributed by atoms with Crippen molar-refractivity contribution in [2.24, 2.45) is 0 Å². The van der Waals surface area contributed by atoms with Crippen LogP contribution in [0.3, 0.4) is 0 Å². The second kappa shape index (κ2) is 4.82. The van der Waals surface area contributed by atoms with Crippen molar-refractivity contribution in [2.45, 2.75) is 6.54 Å². The second-order valence-electron chi connectivity index (χ2n) is 4.55. The van der Waals surface area contributed by atoms with E-state index in [2.05, 4.69) is 11.4 Å². The Balaban J connectivity index is 1.77. The second-order valence-corrected chi connectivity index (χ2v) is 4.55. The van der Waals surface area contributed by atoms with Crippen LogP contribution in [0.4, 0.5) is 0 Å². The summed E-state index contributed by atoms with van der Waals surface area (Å²) in [4.78, 5) is 14.1. The first-order chi connectivity index (χ1) is 8.84. The highest BCUT2D eigenvalue weighted by Crippen LogP contribution is 2.14. The van der Waals surface area contributed by atoms with Crippen LogP contribution < -0.4 is 5.32 Å². The van der Waals surface area contributed by atoms with Gasteiger partial charge in [-0.15, -0.1) is 0 Å². The van der Waals surface area contributed by atoms with E-state index in [9.17, 15) is 4.79 Å². The molecular weight excluding hydrogens is 226 g/mol. The Hall–Kier alpha value is -1.81. The molecule has 1 aliphatic rings. The molecule has 0 saturated carbocycles. The third-order valence-electron chi connectivity index (χ3n) is 3.36. The largest absolute Gasteiger partial charge is 0.339 e. The van der Waals surface area contributed by atoms with Gasteiger partial charge in [-0.2, -0.15) is 0 Å². The lowest BCUT2D eigenvalue weighted by molar-refractivity contribution is -0.132. The van der Waals surface area contributed by atoms with Gasteiger partial charge in [0.25, 0.3) is 0 Å². The molecule has 1 fully saturated rings. The van der Waals surface area contributed by atoms with E-state index in [4.69, 9.17) is 0 Å². The highest BCUT2D eigenvalue weighted by atomic mass is 16.2. The third kappa shape index (κ3) is 2.11. The molecule has 93 valence electrons. The number of aromatic nitrogens is 1. The highest BCUT2D eigenvalue weighted by molar-refractivity contribution is 5.82. The van der Waals surface area contributed by atoms with Crippen molar-refractivity contribution in [3.63, 3.8) is 0 Å². The number of piperazine rings is 1. The molecule has 1 aromatic carbocycles. The van der Waals surface area contributed by atoms with E-state index in [-0.39, 0.29) is 5.91 Å². The summed E-state index contributed by atoms with van der Waals surface area (Å²) in [6.45, 7) is 3.81. The normalized spacial score (nSPS) is 16.1. The molecule has 4 nitrogen and oxygen atoms in total. The Morgan fingerprint density at radius 1 is 1.28 bits per heavy atom. The Morgan fingerprint density at radius 3 is 2.89 bits per heavy atom. The summed E-state index contributed by atoms with van der Waals surface area (Å²) < 4.78 is 1.97. The zero-order valence-electron chi connectivity index (χ0n) is 10.2. The molecule has 4 heteroatoms. The number of benzene rings is 1. The molecule has 1 N–H and O–H groups in total. The zero-order valence-corrected chi connectivity index (χ0v) is 10.2. The number of rotatable bonds is 2. The predicted octanol–water partition coefficient (Wildman–Crippen LogP) is 0.873. The molecule has 3 rings (SSSR count). The van der Waals surface area contributed by atoms with Gasteiger partial charge in [-0.3, -0.25) is 4.79 Å². The molecule has 2 heterocycles. The van der Waals surface area contributed by atoms with Gasteiger partial charge in [0.15, 0.2) is 0 Å². The topological polar surface area (TPSA) is 37.3 Å². The van der Waals surface area contributed by atoms with Crippen LogP contribution in [0.5, 0.6) is 0 Å². The van der Waals surface area contributed by atoms with Gasteiger partial charge in [0, 0.05) is 49.3 Å². The van der Waals surface area contributed by atoms with Crippen LogP contribution in [0.2, 0.25) is 0 Å². The molecule has 1 amide bonds. The lowest BCUT2D eigenvalue weighted by Gasteiger charge is -2.27. The van der Waals surface area contributed by atoms with Gasteiger partial charge in [-0.25, -0.2) is 0 Å². The number of fused-ring (bicyclic) bond motifs is 1. The van der Waals surface area contributed by atoms with Crippen LogP contribution >= 0.6 is 0 Å². The van der Waals surface area contributed by atoms with E-state index >= 15 is 0 Å². The average molecular weight is 242 g/mol. The Morgan fingerprint density at radius 2 is 2.06 bits per heavy atom. The van der Waals surface area contributed by atoms with E-state index in [1.807, 2.05) is 39.9 Å². The van der Waals surface area contributed by atoms with Crippen LogP contribution in [0, 0.1) is 6.07 Å². The van der Waals surface area contributed by atoms with E-state index < -0.39 is 0 Å². The molecular formula is C14H16N3O. The number of carbonyl (C=O) groups excluding carboxylic acids is 1. The molecule has 0 atom stereocenters. The van der Waals surface area contributed by atoms with Crippen molar-refractivity contribution in [1.82, 2.24) is 14.8 Å². The van der Waals surface area contributed by atoms with Crippen LogP contribution in [0.25, 0.3) is 10.9 Å². The Bertz CT molecular complexity index is 555. The van der Waals surface area contributed by atoms with Crippen LogP contribution in [0.15, 0.2) is 30.5 Å². The molecule has 1 aliphatic heterocycles. The molecule has 0 spiro atoms. The molecule has 0 aliphatic carbocycles. The van der Waals surface area contributed by atoms with Crippen molar-refractivity contribution in [3.05, 3.63) is 36.5 Å². The number of nitrogens with zero attached hydrogens (tertiary/aromatic N) is 2. The van der Waals surface area contributed by atoms with Crippen LogP contribution in [-0.2, 0) is 11.3 Å². The maximum atomic E-state index is 12.2. The summed E-state index contributed by atoms with van der Waals surface area (Å²) in [5, 5.41) is 4.31. The molecule has 2 aromatic rings. The molecule has 18 heavy (non-hydrogen) atoms. The summed E-state index contributed by atoms with van der Waals surface area (Å²) in [6, 6.07) is 11.2. The standard InChI is InChI=1S/C14H16N3O/c18-14(16-9-6-15-7-10-16)11-17-8-5-12-3-1-2-4-13(12)17/h1-4,8,15H,6-7,9-11H2. The maximum Gasteiger partial charge on any atom is 0.242 e. The zero-order chi connectivity index (χ0) is 12.4. The number of carbonyl (C=O) groups is 1. The fourth-order valence-electron chi connectivity index (χ4n) is 2.35. The van der Waals surface area contributed by atoms with Gasteiger partial charge >= 0.3 is 0 Å². The fourth-order valence-corrected chi connectivity index (χ4v) is 2.35. The minimum Gasteiger partial charge on any atom is -0.339 e. The van der Waals surface area contributed by atoms with E-state index in [1.54, 1.807) is 0 Å². The fraction of sp³-hybridized carbons (Fsp3) is 0.357. The van der Waals surface area contributed by atoms with Crippen molar-refractivity contribution in [3.8, 4) is 0 Å². The summed E-state index contributed by atoms with van der Waals surface area (Å²) in [5.74, 6) is 0.186. The molecule has 1 saturated heterocycles. The summed E-state index contributed by atoms with van der Waals surface area (Å²) in [7, 11) is 0. The van der Waals surface area contributed by atoms with Crippen LogP contribution in [0.1, 0.15) is 0 Å². The van der Waals surface area contributed by atoms with Crippen molar-refractivity contribution in [1.29, 1.82) is 0 Å². The number of hydrogen-bond acceptors (Lipinski definition) is 2. The maximum absolute atomic E-state index is 12.2. The number of amides is 1. The van der Waals surface area contributed by atoms with Crippen molar-refractivity contribution < 1.29 is 4.79 Å². The molecule has 0 unspecified atom stereocenters. The molecule has 0 bridgehead atoms. The first kappa shape index (κ1) is 11.3. The summed E-state index contributed by atoms with van der Waals surface area (Å²) >= 11 is 0. The number of hydrogen-bond donors (Lipinski definition) is 1. The Kier molecular flexibility index (Phi) is 3.02. The van der Waals surface area contributed by atoms with Gasteiger partial charge in [-0.05, 0) is 6.07 Å². The quantitative estimate of drug-likeness (QED) is 0.848. The minimum atomic E-state index is 0.186. The van der Waals surface area contributed by atoms with Gasteiger partial charge in [0.1, 0.15) is 6.54 Å². The highest BCUT2D eigenvalue weighted by Gasteiger charge is 2.16. The minimum absolute atomic E-state index is 0.186. The SMILES string of the molecule is O=C(Cn1c[c]c2ccccc21)N1CCNCC1. The third-order valence-corrected chi connectivity index (χ3v) is 3.36. The number of nitrogens with one attached hydrogen (secondary N) is 1. The van der Waals surface area contributed by atoms with E-state index in [0.29, 0.717) is 6.54 Å². The molecule has 1 aromatic heterocycles. The van der Waals surface area contributed by atoms with Gasteiger partial charge < -0.3 is 14.8 Å².